The lowest BCUT2D eigenvalue weighted by Crippen LogP contribution is -2.41. The zero-order chi connectivity index (χ0) is 15.7. The maximum Gasteiger partial charge on any atom is 0.191 e. The molecule has 2 N–H and O–H groups in total. The standard InChI is InChI=1S/C17H30N4/c1-6-15-9-7-8-10-16(15)13-20-17(18-4)19-11-12-21(5)14(2)3/h7-10,14H,6,11-13H2,1-5H3,(H2,18,19,20). The number of aryl methyl sites for hydroxylation is 1. The van der Waals surface area contributed by atoms with Crippen LogP contribution in [0.25, 0.3) is 0 Å². The summed E-state index contributed by atoms with van der Waals surface area (Å²) in [5.74, 6) is 0.859. The van der Waals surface area contributed by atoms with Gasteiger partial charge in [-0.1, -0.05) is 31.2 Å². The van der Waals surface area contributed by atoms with Gasteiger partial charge in [0.1, 0.15) is 0 Å². The number of likely N-dealkylation sites (N-methyl/N-ethyl adjacent to an activating group) is 1. The fraction of sp³-hybridized carbons (Fsp3) is 0.588. The number of guanidine groups is 1. The molecule has 0 saturated heterocycles. The average Bonchev–Trinajstić information content (AvgIpc) is 2.50. The summed E-state index contributed by atoms with van der Waals surface area (Å²) in [6, 6.07) is 9.11. The molecule has 0 radical (unpaired) electrons. The van der Waals surface area contributed by atoms with Crippen molar-refractivity contribution >= 4 is 5.96 Å². The molecule has 0 bridgehead atoms. The van der Waals surface area contributed by atoms with E-state index < -0.39 is 0 Å². The Labute approximate surface area is 129 Å². The third-order valence-corrected chi connectivity index (χ3v) is 3.81. The van der Waals surface area contributed by atoms with Gasteiger partial charge in [0.05, 0.1) is 0 Å². The predicted molar refractivity (Wildman–Crippen MR) is 91.8 cm³/mol. The van der Waals surface area contributed by atoms with E-state index in [4.69, 9.17) is 0 Å². The summed E-state index contributed by atoms with van der Waals surface area (Å²) in [7, 11) is 3.95. The summed E-state index contributed by atoms with van der Waals surface area (Å²) in [4.78, 5) is 6.59. The molecule has 0 saturated carbocycles. The Morgan fingerprint density at radius 1 is 1.19 bits per heavy atom. The highest BCUT2D eigenvalue weighted by Gasteiger charge is 2.04. The van der Waals surface area contributed by atoms with E-state index in [0.29, 0.717) is 6.04 Å². The van der Waals surface area contributed by atoms with Gasteiger partial charge >= 0.3 is 0 Å². The van der Waals surface area contributed by atoms with Gasteiger partial charge in [0.15, 0.2) is 5.96 Å². The first-order valence-corrected chi connectivity index (χ1v) is 7.80. The second-order valence-electron chi connectivity index (χ2n) is 5.55. The lowest BCUT2D eigenvalue weighted by molar-refractivity contribution is 0.278. The summed E-state index contributed by atoms with van der Waals surface area (Å²) < 4.78 is 0. The van der Waals surface area contributed by atoms with Crippen LogP contribution in [0.15, 0.2) is 29.3 Å². The molecule has 21 heavy (non-hydrogen) atoms. The Morgan fingerprint density at radius 3 is 2.43 bits per heavy atom. The van der Waals surface area contributed by atoms with Gasteiger partial charge in [0, 0.05) is 32.7 Å². The van der Waals surface area contributed by atoms with Crippen molar-refractivity contribution in [2.75, 3.05) is 27.2 Å². The van der Waals surface area contributed by atoms with Gasteiger partial charge in [-0.15, -0.1) is 0 Å². The van der Waals surface area contributed by atoms with Gasteiger partial charge in [0.25, 0.3) is 0 Å². The van der Waals surface area contributed by atoms with Crippen LogP contribution in [0.4, 0.5) is 0 Å². The largest absolute Gasteiger partial charge is 0.355 e. The molecule has 4 nitrogen and oxygen atoms in total. The maximum atomic E-state index is 4.28. The number of benzene rings is 1. The van der Waals surface area contributed by atoms with E-state index in [9.17, 15) is 0 Å². The van der Waals surface area contributed by atoms with Gasteiger partial charge in [-0.2, -0.15) is 0 Å². The van der Waals surface area contributed by atoms with Crippen molar-refractivity contribution in [1.29, 1.82) is 0 Å². The van der Waals surface area contributed by atoms with Gasteiger partial charge in [0.2, 0.25) is 0 Å². The number of rotatable bonds is 7. The summed E-state index contributed by atoms with van der Waals surface area (Å²) in [6.07, 6.45) is 1.06. The molecule has 0 aliphatic heterocycles. The zero-order valence-corrected chi connectivity index (χ0v) is 14.1. The van der Waals surface area contributed by atoms with Gasteiger partial charge in [-0.25, -0.2) is 0 Å². The van der Waals surface area contributed by atoms with Crippen LogP contribution in [0.5, 0.6) is 0 Å². The fourth-order valence-electron chi connectivity index (χ4n) is 2.08. The minimum absolute atomic E-state index is 0.568. The van der Waals surface area contributed by atoms with Crippen LogP contribution in [0, 0.1) is 0 Å². The summed E-state index contributed by atoms with van der Waals surface area (Å²) in [6.45, 7) is 9.30. The van der Waals surface area contributed by atoms with Gasteiger partial charge < -0.3 is 15.5 Å². The van der Waals surface area contributed by atoms with Crippen molar-refractivity contribution in [3.8, 4) is 0 Å². The molecule has 0 aliphatic carbocycles. The molecule has 0 heterocycles. The number of hydrogen-bond acceptors (Lipinski definition) is 2. The van der Waals surface area contributed by atoms with E-state index in [1.54, 1.807) is 0 Å². The van der Waals surface area contributed by atoms with Crippen molar-refractivity contribution in [2.45, 2.75) is 39.8 Å². The van der Waals surface area contributed by atoms with Crippen LogP contribution < -0.4 is 10.6 Å². The van der Waals surface area contributed by atoms with Crippen LogP contribution in [-0.2, 0) is 13.0 Å². The third-order valence-electron chi connectivity index (χ3n) is 3.81. The molecule has 1 rings (SSSR count). The normalized spacial score (nSPS) is 12.0. The minimum atomic E-state index is 0.568. The SMILES string of the molecule is CCc1ccccc1CNC(=NC)NCCN(C)C(C)C. The number of nitrogens with one attached hydrogen (secondary N) is 2. The van der Waals surface area contributed by atoms with Crippen LogP contribution in [-0.4, -0.2) is 44.1 Å². The van der Waals surface area contributed by atoms with E-state index >= 15 is 0 Å². The number of hydrogen-bond donors (Lipinski definition) is 2. The van der Waals surface area contributed by atoms with E-state index in [2.05, 4.69) is 72.6 Å². The van der Waals surface area contributed by atoms with Crippen molar-refractivity contribution in [3.05, 3.63) is 35.4 Å². The van der Waals surface area contributed by atoms with Crippen molar-refractivity contribution in [3.63, 3.8) is 0 Å². The first-order chi connectivity index (χ1) is 10.1. The second kappa shape index (κ2) is 9.40. The molecule has 0 amide bonds. The van der Waals surface area contributed by atoms with Crippen molar-refractivity contribution < 1.29 is 0 Å². The Morgan fingerprint density at radius 2 is 1.86 bits per heavy atom. The first kappa shape index (κ1) is 17.5. The Hall–Kier alpha value is -1.55. The van der Waals surface area contributed by atoms with Gasteiger partial charge in [-0.05, 0) is 38.4 Å². The summed E-state index contributed by atoms with van der Waals surface area (Å²) in [5, 5.41) is 6.74. The molecule has 1 aromatic carbocycles. The molecule has 0 unspecified atom stereocenters. The zero-order valence-electron chi connectivity index (χ0n) is 14.1. The smallest absolute Gasteiger partial charge is 0.191 e. The Kier molecular flexibility index (Phi) is 7.83. The lowest BCUT2D eigenvalue weighted by Gasteiger charge is -2.21. The van der Waals surface area contributed by atoms with Crippen LogP contribution >= 0.6 is 0 Å². The van der Waals surface area contributed by atoms with Crippen molar-refractivity contribution in [1.82, 2.24) is 15.5 Å². The third kappa shape index (κ3) is 6.17. The summed E-state index contributed by atoms with van der Waals surface area (Å²) >= 11 is 0. The molecule has 0 fully saturated rings. The van der Waals surface area contributed by atoms with E-state index in [0.717, 1.165) is 32.0 Å². The Balaban J connectivity index is 2.41. The maximum absolute atomic E-state index is 4.28. The highest BCUT2D eigenvalue weighted by molar-refractivity contribution is 5.79. The van der Waals surface area contributed by atoms with Crippen LogP contribution in [0.2, 0.25) is 0 Å². The molecule has 0 aromatic heterocycles. The summed E-state index contributed by atoms with van der Waals surface area (Å²) in [5.41, 5.74) is 2.72. The number of nitrogens with zero attached hydrogens (tertiary/aromatic N) is 2. The van der Waals surface area contributed by atoms with E-state index in [1.807, 2.05) is 7.05 Å². The fourth-order valence-corrected chi connectivity index (χ4v) is 2.08. The molecule has 4 heteroatoms. The molecular formula is C17H30N4. The highest BCUT2D eigenvalue weighted by Crippen LogP contribution is 2.08. The second-order valence-corrected chi connectivity index (χ2v) is 5.55. The van der Waals surface area contributed by atoms with E-state index in [1.165, 1.54) is 11.1 Å². The minimum Gasteiger partial charge on any atom is -0.355 e. The van der Waals surface area contributed by atoms with Crippen LogP contribution in [0.1, 0.15) is 31.9 Å². The molecule has 0 spiro atoms. The molecule has 0 aliphatic rings. The van der Waals surface area contributed by atoms with Crippen molar-refractivity contribution in [2.24, 2.45) is 4.99 Å². The topological polar surface area (TPSA) is 39.7 Å². The molecule has 0 atom stereocenters. The monoisotopic (exact) mass is 290 g/mol. The predicted octanol–water partition coefficient (Wildman–Crippen LogP) is 2.25. The van der Waals surface area contributed by atoms with E-state index in [-0.39, 0.29) is 0 Å². The highest BCUT2D eigenvalue weighted by atomic mass is 15.2. The Bertz CT molecular complexity index is 440. The number of aliphatic imine (C=N–C) groups is 1. The van der Waals surface area contributed by atoms with Gasteiger partial charge in [-0.3, -0.25) is 4.99 Å². The molecule has 1 aromatic rings. The molecular weight excluding hydrogens is 260 g/mol. The first-order valence-electron chi connectivity index (χ1n) is 7.80. The average molecular weight is 290 g/mol. The molecule has 118 valence electrons. The lowest BCUT2D eigenvalue weighted by atomic mass is 10.1. The van der Waals surface area contributed by atoms with Crippen LogP contribution in [0.3, 0.4) is 0 Å². The quantitative estimate of drug-likeness (QED) is 0.598.